The SMILES string of the molecule is CC.COC(=O)c1nc(-c2ccccc2)cnc1N. The Balaban J connectivity index is 0.000000861. The number of rotatable bonds is 2. The zero-order valence-corrected chi connectivity index (χ0v) is 11.3. The zero-order valence-electron chi connectivity index (χ0n) is 11.3. The summed E-state index contributed by atoms with van der Waals surface area (Å²) in [6.07, 6.45) is 1.52. The molecule has 5 nitrogen and oxygen atoms in total. The summed E-state index contributed by atoms with van der Waals surface area (Å²) >= 11 is 0. The van der Waals surface area contributed by atoms with Gasteiger partial charge in [0, 0.05) is 5.56 Å². The van der Waals surface area contributed by atoms with Crippen LogP contribution in [0.25, 0.3) is 11.3 Å². The lowest BCUT2D eigenvalue weighted by Crippen LogP contribution is -2.10. The molecule has 0 fully saturated rings. The molecule has 0 aliphatic rings. The van der Waals surface area contributed by atoms with Crippen molar-refractivity contribution in [2.24, 2.45) is 0 Å². The highest BCUT2D eigenvalue weighted by Gasteiger charge is 2.14. The second-order valence-corrected chi connectivity index (χ2v) is 3.35. The molecule has 0 bridgehead atoms. The molecule has 0 spiro atoms. The largest absolute Gasteiger partial charge is 0.464 e. The van der Waals surface area contributed by atoms with Crippen molar-refractivity contribution in [2.45, 2.75) is 13.8 Å². The normalized spacial score (nSPS) is 9.21. The maximum atomic E-state index is 11.4. The summed E-state index contributed by atoms with van der Waals surface area (Å²) in [6, 6.07) is 9.41. The maximum absolute atomic E-state index is 11.4. The van der Waals surface area contributed by atoms with Gasteiger partial charge in [-0.15, -0.1) is 0 Å². The summed E-state index contributed by atoms with van der Waals surface area (Å²) in [4.78, 5) is 19.5. The summed E-state index contributed by atoms with van der Waals surface area (Å²) in [6.45, 7) is 4.00. The number of esters is 1. The number of methoxy groups -OCH3 is 1. The van der Waals surface area contributed by atoms with Crippen molar-refractivity contribution in [1.29, 1.82) is 0 Å². The van der Waals surface area contributed by atoms with E-state index in [0.717, 1.165) is 5.56 Å². The van der Waals surface area contributed by atoms with Crippen molar-refractivity contribution >= 4 is 11.8 Å². The Hall–Kier alpha value is -2.43. The van der Waals surface area contributed by atoms with Crippen molar-refractivity contribution in [1.82, 2.24) is 9.97 Å². The van der Waals surface area contributed by atoms with E-state index in [9.17, 15) is 4.79 Å². The molecule has 0 unspecified atom stereocenters. The third-order valence-corrected chi connectivity index (χ3v) is 2.25. The van der Waals surface area contributed by atoms with Gasteiger partial charge in [-0.2, -0.15) is 0 Å². The van der Waals surface area contributed by atoms with Crippen LogP contribution in [0.3, 0.4) is 0 Å². The number of nitrogens with zero attached hydrogens (tertiary/aromatic N) is 2. The molecular weight excluding hydrogens is 242 g/mol. The summed E-state index contributed by atoms with van der Waals surface area (Å²) in [5.74, 6) is -0.524. The second-order valence-electron chi connectivity index (χ2n) is 3.35. The Morgan fingerprint density at radius 3 is 2.42 bits per heavy atom. The monoisotopic (exact) mass is 259 g/mol. The van der Waals surface area contributed by atoms with Crippen LogP contribution >= 0.6 is 0 Å². The lowest BCUT2D eigenvalue weighted by atomic mass is 10.1. The Bertz CT molecular complexity index is 542. The van der Waals surface area contributed by atoms with Gasteiger partial charge in [-0.1, -0.05) is 44.2 Å². The molecule has 1 heterocycles. The number of carbonyl (C=O) groups is 1. The minimum Gasteiger partial charge on any atom is -0.464 e. The predicted octanol–water partition coefficient (Wildman–Crippen LogP) is 2.54. The van der Waals surface area contributed by atoms with E-state index in [1.807, 2.05) is 44.2 Å². The highest BCUT2D eigenvalue weighted by atomic mass is 16.5. The Morgan fingerprint density at radius 2 is 1.84 bits per heavy atom. The molecule has 1 aromatic carbocycles. The van der Waals surface area contributed by atoms with Crippen LogP contribution < -0.4 is 5.73 Å². The molecule has 0 aliphatic heterocycles. The number of nitrogens with two attached hydrogens (primary N) is 1. The lowest BCUT2D eigenvalue weighted by molar-refractivity contribution is 0.0595. The Kier molecular flexibility index (Phi) is 5.47. The first-order chi connectivity index (χ1) is 9.22. The van der Waals surface area contributed by atoms with Crippen LogP contribution in [0.4, 0.5) is 5.82 Å². The first-order valence-corrected chi connectivity index (χ1v) is 5.98. The van der Waals surface area contributed by atoms with E-state index in [1.165, 1.54) is 13.3 Å². The molecular formula is C14H17N3O2. The molecule has 19 heavy (non-hydrogen) atoms. The number of anilines is 1. The molecule has 0 saturated heterocycles. The molecule has 1 aromatic heterocycles. The van der Waals surface area contributed by atoms with Crippen molar-refractivity contribution < 1.29 is 9.53 Å². The molecule has 2 aromatic rings. The number of hydrogen-bond donors (Lipinski definition) is 1. The molecule has 100 valence electrons. The van der Waals surface area contributed by atoms with Crippen molar-refractivity contribution in [3.05, 3.63) is 42.2 Å². The fourth-order valence-electron chi connectivity index (χ4n) is 1.39. The fraction of sp³-hybridized carbons (Fsp3) is 0.214. The van der Waals surface area contributed by atoms with E-state index in [1.54, 1.807) is 0 Å². The van der Waals surface area contributed by atoms with Crippen molar-refractivity contribution in [3.63, 3.8) is 0 Å². The summed E-state index contributed by atoms with van der Waals surface area (Å²) in [7, 11) is 1.28. The smallest absolute Gasteiger partial charge is 0.360 e. The van der Waals surface area contributed by atoms with Crippen molar-refractivity contribution in [3.8, 4) is 11.3 Å². The minimum absolute atomic E-state index is 0.0360. The van der Waals surface area contributed by atoms with Gasteiger partial charge in [-0.05, 0) is 0 Å². The first-order valence-electron chi connectivity index (χ1n) is 5.98. The van der Waals surface area contributed by atoms with E-state index in [-0.39, 0.29) is 11.5 Å². The second kappa shape index (κ2) is 7.10. The molecule has 0 amide bonds. The first kappa shape index (κ1) is 14.6. The molecule has 5 heteroatoms. The van der Waals surface area contributed by atoms with E-state index in [2.05, 4.69) is 14.7 Å². The highest BCUT2D eigenvalue weighted by Crippen LogP contribution is 2.18. The predicted molar refractivity (Wildman–Crippen MR) is 74.6 cm³/mol. The van der Waals surface area contributed by atoms with Gasteiger partial charge in [0.25, 0.3) is 0 Å². The molecule has 0 atom stereocenters. The number of ether oxygens (including phenoxy) is 1. The van der Waals surface area contributed by atoms with Gasteiger partial charge in [-0.25, -0.2) is 14.8 Å². The summed E-state index contributed by atoms with van der Waals surface area (Å²) in [5, 5.41) is 0. The van der Waals surface area contributed by atoms with Gasteiger partial charge in [0.1, 0.15) is 0 Å². The van der Waals surface area contributed by atoms with Crippen molar-refractivity contribution in [2.75, 3.05) is 12.8 Å². The Morgan fingerprint density at radius 1 is 1.21 bits per heavy atom. The number of carbonyl (C=O) groups excluding carboxylic acids is 1. The standard InChI is InChI=1S/C12H11N3O2.C2H6/c1-17-12(16)10-11(13)14-7-9(15-10)8-5-3-2-4-6-8;1-2/h2-7H,1H3,(H2,13,14);1-2H3. The van der Waals surface area contributed by atoms with Crippen LogP contribution in [-0.2, 0) is 4.74 Å². The van der Waals surface area contributed by atoms with E-state index in [4.69, 9.17) is 5.73 Å². The molecule has 0 aliphatic carbocycles. The lowest BCUT2D eigenvalue weighted by Gasteiger charge is -2.05. The van der Waals surface area contributed by atoms with Crippen LogP contribution in [0.5, 0.6) is 0 Å². The van der Waals surface area contributed by atoms with Gasteiger partial charge < -0.3 is 10.5 Å². The van der Waals surface area contributed by atoms with E-state index in [0.29, 0.717) is 5.69 Å². The fourth-order valence-corrected chi connectivity index (χ4v) is 1.39. The number of benzene rings is 1. The van der Waals surface area contributed by atoms with Crippen LogP contribution in [0.1, 0.15) is 24.3 Å². The van der Waals surface area contributed by atoms with Crippen LogP contribution in [0, 0.1) is 0 Å². The van der Waals surface area contributed by atoms with Crippen LogP contribution in [0.15, 0.2) is 36.5 Å². The average molecular weight is 259 g/mol. The average Bonchev–Trinajstić information content (AvgIpc) is 2.50. The Labute approximate surface area is 112 Å². The number of nitrogen functional groups attached to an aromatic ring is 1. The van der Waals surface area contributed by atoms with E-state index < -0.39 is 5.97 Å². The topological polar surface area (TPSA) is 78.1 Å². The number of aromatic nitrogens is 2. The van der Waals surface area contributed by atoms with Crippen LogP contribution in [0.2, 0.25) is 0 Å². The summed E-state index contributed by atoms with van der Waals surface area (Å²) < 4.78 is 4.59. The maximum Gasteiger partial charge on any atom is 0.360 e. The third kappa shape index (κ3) is 3.51. The van der Waals surface area contributed by atoms with Gasteiger partial charge in [-0.3, -0.25) is 0 Å². The van der Waals surface area contributed by atoms with Gasteiger partial charge in [0.05, 0.1) is 19.0 Å². The van der Waals surface area contributed by atoms with Gasteiger partial charge >= 0.3 is 5.97 Å². The molecule has 2 N–H and O–H groups in total. The summed E-state index contributed by atoms with van der Waals surface area (Å²) in [5.41, 5.74) is 7.05. The van der Waals surface area contributed by atoms with E-state index >= 15 is 0 Å². The van der Waals surface area contributed by atoms with Gasteiger partial charge in [0.15, 0.2) is 11.5 Å². The zero-order chi connectivity index (χ0) is 14.3. The minimum atomic E-state index is -0.590. The molecule has 2 rings (SSSR count). The van der Waals surface area contributed by atoms with Crippen LogP contribution in [-0.4, -0.2) is 23.0 Å². The molecule has 0 radical (unpaired) electrons. The van der Waals surface area contributed by atoms with Gasteiger partial charge in [0.2, 0.25) is 0 Å². The quantitative estimate of drug-likeness (QED) is 0.838. The third-order valence-electron chi connectivity index (χ3n) is 2.25. The molecule has 0 saturated carbocycles. The number of hydrogen-bond acceptors (Lipinski definition) is 5. The highest BCUT2D eigenvalue weighted by molar-refractivity contribution is 5.92.